The molecular weight excluding hydrogens is 524 g/mol. The standard InChI is InChI=1S/C31H30N4O4S/c1-35(2)20-21-12-14-23(15-13-21)32-30(22-8-5-4-6-9-22)29-27-18-24(16-17-28(27)33-31(29)36)34-40(37,38)26-11-7-10-25(19-26)39-3/h4-19,33-34,36H,20H2,1-3H3. The lowest BCUT2D eigenvalue weighted by molar-refractivity contribution is 0.402. The zero-order valence-electron chi connectivity index (χ0n) is 22.4. The molecule has 0 amide bonds. The molecule has 9 heteroatoms. The van der Waals surface area contributed by atoms with E-state index in [4.69, 9.17) is 9.73 Å². The van der Waals surface area contributed by atoms with Crippen LogP contribution in [0.5, 0.6) is 11.6 Å². The molecule has 5 rings (SSSR count). The van der Waals surface area contributed by atoms with Gasteiger partial charge in [0.25, 0.3) is 10.0 Å². The number of nitrogens with one attached hydrogen (secondary N) is 2. The maximum absolute atomic E-state index is 13.1. The normalized spacial score (nSPS) is 12.2. The van der Waals surface area contributed by atoms with E-state index >= 15 is 0 Å². The topological polar surface area (TPSA) is 107 Å². The molecule has 0 fully saturated rings. The highest BCUT2D eigenvalue weighted by Crippen LogP contribution is 2.34. The fourth-order valence-electron chi connectivity index (χ4n) is 4.49. The van der Waals surface area contributed by atoms with E-state index in [2.05, 4.69) is 14.6 Å². The van der Waals surface area contributed by atoms with E-state index in [1.54, 1.807) is 30.3 Å². The lowest BCUT2D eigenvalue weighted by atomic mass is 10.0. The Kier molecular flexibility index (Phi) is 7.59. The average Bonchev–Trinajstić information content (AvgIpc) is 3.27. The third-order valence-electron chi connectivity index (χ3n) is 6.34. The van der Waals surface area contributed by atoms with Crippen molar-refractivity contribution in [3.63, 3.8) is 0 Å². The van der Waals surface area contributed by atoms with Gasteiger partial charge in [-0.05, 0) is 62.1 Å². The van der Waals surface area contributed by atoms with Crippen molar-refractivity contribution in [3.8, 4) is 11.6 Å². The number of aliphatic imine (C=N–C) groups is 1. The van der Waals surface area contributed by atoms with Crippen LogP contribution in [0.3, 0.4) is 0 Å². The van der Waals surface area contributed by atoms with Gasteiger partial charge in [-0.15, -0.1) is 0 Å². The number of methoxy groups -OCH3 is 1. The highest BCUT2D eigenvalue weighted by Gasteiger charge is 2.21. The van der Waals surface area contributed by atoms with Gasteiger partial charge in [0, 0.05) is 34.8 Å². The molecular formula is C31H30N4O4S. The number of rotatable bonds is 9. The number of sulfonamides is 1. The summed E-state index contributed by atoms with van der Waals surface area (Å²) in [5, 5.41) is 11.7. The smallest absolute Gasteiger partial charge is 0.262 e. The van der Waals surface area contributed by atoms with Gasteiger partial charge in [0.05, 0.1) is 29.0 Å². The monoisotopic (exact) mass is 554 g/mol. The first kappa shape index (κ1) is 27.0. The van der Waals surface area contributed by atoms with Gasteiger partial charge in [-0.2, -0.15) is 0 Å². The van der Waals surface area contributed by atoms with E-state index in [-0.39, 0.29) is 10.8 Å². The van der Waals surface area contributed by atoms with Gasteiger partial charge in [-0.3, -0.25) is 4.72 Å². The molecule has 4 aromatic carbocycles. The average molecular weight is 555 g/mol. The molecule has 204 valence electrons. The van der Waals surface area contributed by atoms with Crippen LogP contribution in [0.25, 0.3) is 10.9 Å². The molecule has 0 aliphatic heterocycles. The lowest BCUT2D eigenvalue weighted by Gasteiger charge is -2.11. The van der Waals surface area contributed by atoms with Crippen molar-refractivity contribution in [2.24, 2.45) is 4.99 Å². The van der Waals surface area contributed by atoms with Gasteiger partial charge in [-0.1, -0.05) is 48.5 Å². The molecule has 1 heterocycles. The summed E-state index contributed by atoms with van der Waals surface area (Å²) >= 11 is 0. The van der Waals surface area contributed by atoms with Gasteiger partial charge >= 0.3 is 0 Å². The van der Waals surface area contributed by atoms with E-state index in [0.717, 1.165) is 23.4 Å². The zero-order valence-corrected chi connectivity index (χ0v) is 23.2. The quantitative estimate of drug-likeness (QED) is 0.196. The number of benzene rings is 4. The molecule has 0 spiro atoms. The number of aromatic amines is 1. The van der Waals surface area contributed by atoms with E-state index < -0.39 is 10.0 Å². The van der Waals surface area contributed by atoms with Crippen molar-refractivity contribution in [2.45, 2.75) is 11.4 Å². The second-order valence-corrected chi connectivity index (χ2v) is 11.3. The molecule has 1 aromatic heterocycles. The number of H-pyrrole nitrogens is 1. The first-order chi connectivity index (χ1) is 19.2. The maximum atomic E-state index is 13.1. The van der Waals surface area contributed by atoms with Crippen molar-refractivity contribution >= 4 is 38.0 Å². The van der Waals surface area contributed by atoms with Crippen LogP contribution >= 0.6 is 0 Å². The molecule has 0 saturated heterocycles. The van der Waals surface area contributed by atoms with Crippen LogP contribution in [0, 0.1) is 0 Å². The molecule has 5 aromatic rings. The fraction of sp³-hybridized carbons (Fsp3) is 0.129. The Balaban J connectivity index is 1.59. The fourth-order valence-corrected chi connectivity index (χ4v) is 5.58. The van der Waals surface area contributed by atoms with Crippen LogP contribution in [0.2, 0.25) is 0 Å². The minimum atomic E-state index is -3.89. The van der Waals surface area contributed by atoms with E-state index in [1.165, 1.54) is 19.2 Å². The van der Waals surface area contributed by atoms with E-state index in [1.807, 2.05) is 68.7 Å². The Labute approximate surface area is 233 Å². The molecule has 0 aliphatic carbocycles. The molecule has 0 bridgehead atoms. The summed E-state index contributed by atoms with van der Waals surface area (Å²) in [6.45, 7) is 0.813. The second-order valence-electron chi connectivity index (χ2n) is 9.62. The van der Waals surface area contributed by atoms with Crippen molar-refractivity contribution in [2.75, 3.05) is 25.9 Å². The van der Waals surface area contributed by atoms with Crippen LogP contribution in [0.15, 0.2) is 107 Å². The minimum Gasteiger partial charge on any atom is -0.497 e. The number of nitrogens with zero attached hydrogens (tertiary/aromatic N) is 2. The van der Waals surface area contributed by atoms with Crippen molar-refractivity contribution in [1.29, 1.82) is 0 Å². The van der Waals surface area contributed by atoms with Crippen LogP contribution in [0.4, 0.5) is 11.4 Å². The predicted octanol–water partition coefficient (Wildman–Crippen LogP) is 5.91. The first-order valence-electron chi connectivity index (χ1n) is 12.6. The Bertz CT molecular complexity index is 1780. The Morgan fingerprint density at radius 2 is 1.70 bits per heavy atom. The second kappa shape index (κ2) is 11.3. The molecule has 0 aliphatic rings. The summed E-state index contributed by atoms with van der Waals surface area (Å²) in [6.07, 6.45) is 0. The van der Waals surface area contributed by atoms with E-state index in [0.29, 0.717) is 33.6 Å². The molecule has 0 unspecified atom stereocenters. The summed E-state index contributed by atoms with van der Waals surface area (Å²) in [5.41, 5.74) is 4.70. The molecule has 0 saturated carbocycles. The number of fused-ring (bicyclic) bond motifs is 1. The number of anilines is 1. The SMILES string of the molecule is COc1cccc(S(=O)(=O)Nc2ccc3[nH]c(O)c(C(=Nc4ccc(CN(C)C)cc4)c4ccccc4)c3c2)c1. The van der Waals surface area contributed by atoms with Crippen LogP contribution in [-0.4, -0.2) is 50.3 Å². The molecule has 8 nitrogen and oxygen atoms in total. The summed E-state index contributed by atoms with van der Waals surface area (Å²) in [5.74, 6) is 0.379. The summed E-state index contributed by atoms with van der Waals surface area (Å²) in [7, 11) is 1.63. The Hall–Kier alpha value is -4.60. The summed E-state index contributed by atoms with van der Waals surface area (Å²) in [6, 6.07) is 28.8. The highest BCUT2D eigenvalue weighted by molar-refractivity contribution is 7.92. The number of aromatic nitrogens is 1. The van der Waals surface area contributed by atoms with Crippen LogP contribution in [0.1, 0.15) is 16.7 Å². The Morgan fingerprint density at radius 3 is 2.40 bits per heavy atom. The van der Waals surface area contributed by atoms with E-state index in [9.17, 15) is 13.5 Å². The van der Waals surface area contributed by atoms with Crippen molar-refractivity contribution in [1.82, 2.24) is 9.88 Å². The molecule has 3 N–H and O–H groups in total. The minimum absolute atomic E-state index is 0.0605. The predicted molar refractivity (Wildman–Crippen MR) is 159 cm³/mol. The van der Waals surface area contributed by atoms with Gasteiger partial charge in [0.1, 0.15) is 5.75 Å². The Morgan fingerprint density at radius 1 is 0.950 bits per heavy atom. The highest BCUT2D eigenvalue weighted by atomic mass is 32.2. The van der Waals surface area contributed by atoms with Gasteiger partial charge in [-0.25, -0.2) is 13.4 Å². The molecule has 0 atom stereocenters. The summed E-state index contributed by atoms with van der Waals surface area (Å²) in [4.78, 5) is 10.1. The number of hydrogen-bond acceptors (Lipinski definition) is 6. The zero-order chi connectivity index (χ0) is 28.3. The molecule has 40 heavy (non-hydrogen) atoms. The third kappa shape index (κ3) is 5.85. The third-order valence-corrected chi connectivity index (χ3v) is 7.72. The van der Waals surface area contributed by atoms with Gasteiger partial charge < -0.3 is 19.7 Å². The van der Waals surface area contributed by atoms with Gasteiger partial charge in [0.2, 0.25) is 0 Å². The first-order valence-corrected chi connectivity index (χ1v) is 14.1. The molecule has 0 radical (unpaired) electrons. The van der Waals surface area contributed by atoms with Crippen LogP contribution in [-0.2, 0) is 16.6 Å². The van der Waals surface area contributed by atoms with Crippen molar-refractivity contribution < 1.29 is 18.3 Å². The lowest BCUT2D eigenvalue weighted by Crippen LogP contribution is -2.13. The maximum Gasteiger partial charge on any atom is 0.262 e. The largest absolute Gasteiger partial charge is 0.497 e. The number of aromatic hydroxyl groups is 1. The summed E-state index contributed by atoms with van der Waals surface area (Å²) < 4.78 is 34.1. The van der Waals surface area contributed by atoms with Gasteiger partial charge in [0.15, 0.2) is 5.88 Å². The van der Waals surface area contributed by atoms with Crippen LogP contribution < -0.4 is 9.46 Å². The number of ether oxygens (including phenoxy) is 1. The number of hydrogen-bond donors (Lipinski definition) is 3. The van der Waals surface area contributed by atoms with Crippen molar-refractivity contribution in [3.05, 3.63) is 114 Å².